The highest BCUT2D eigenvalue weighted by atomic mass is 79.9. The number of fused-ring (bicyclic) bond motifs is 1. The molecule has 0 radical (unpaired) electrons. The Morgan fingerprint density at radius 1 is 1.57 bits per heavy atom. The van der Waals surface area contributed by atoms with Gasteiger partial charge in [-0.1, -0.05) is 0 Å². The predicted molar refractivity (Wildman–Crippen MR) is 58.8 cm³/mol. The fraction of sp³-hybridized carbons (Fsp3) is 0.100. The van der Waals surface area contributed by atoms with E-state index in [1.165, 1.54) is 11.3 Å². The molecule has 0 spiro atoms. The quantitative estimate of drug-likeness (QED) is 0.771. The summed E-state index contributed by atoms with van der Waals surface area (Å²) in [6, 6.07) is 5.60. The summed E-state index contributed by atoms with van der Waals surface area (Å²) in [7, 11) is 0. The van der Waals surface area contributed by atoms with E-state index in [1.807, 2.05) is 17.5 Å². The number of halogens is 2. The number of hydrogen-bond acceptors (Lipinski definition) is 2. The molecule has 0 fully saturated rings. The maximum absolute atomic E-state index is 13.6. The van der Waals surface area contributed by atoms with E-state index in [0.717, 1.165) is 10.1 Å². The van der Waals surface area contributed by atoms with E-state index >= 15 is 0 Å². The van der Waals surface area contributed by atoms with Gasteiger partial charge in [-0.2, -0.15) is 5.26 Å². The summed E-state index contributed by atoms with van der Waals surface area (Å²) in [5, 5.41) is 11.4. The van der Waals surface area contributed by atoms with Crippen LogP contribution in [0.3, 0.4) is 0 Å². The van der Waals surface area contributed by atoms with E-state index in [0.29, 0.717) is 10.0 Å². The lowest BCUT2D eigenvalue weighted by Gasteiger charge is -2.01. The van der Waals surface area contributed by atoms with Gasteiger partial charge in [0.2, 0.25) is 0 Å². The molecule has 1 aromatic carbocycles. The number of rotatable bonds is 1. The molecule has 0 saturated heterocycles. The first-order valence-electron chi connectivity index (χ1n) is 3.95. The second-order valence-electron chi connectivity index (χ2n) is 2.84. The van der Waals surface area contributed by atoms with Crippen LogP contribution in [0.5, 0.6) is 0 Å². The van der Waals surface area contributed by atoms with E-state index in [4.69, 9.17) is 5.26 Å². The van der Waals surface area contributed by atoms with Crippen LogP contribution >= 0.6 is 27.3 Å². The number of nitriles is 1. The predicted octanol–water partition coefficient (Wildman–Crippen LogP) is 3.87. The number of benzene rings is 1. The Kier molecular flexibility index (Phi) is 2.53. The zero-order valence-corrected chi connectivity index (χ0v) is 9.45. The highest BCUT2D eigenvalue weighted by Crippen LogP contribution is 2.33. The summed E-state index contributed by atoms with van der Waals surface area (Å²) in [5.74, 6) is -0.318. The van der Waals surface area contributed by atoms with Crippen LogP contribution in [-0.4, -0.2) is 0 Å². The number of thiophene rings is 1. The van der Waals surface area contributed by atoms with Crippen molar-refractivity contribution >= 4 is 37.4 Å². The highest BCUT2D eigenvalue weighted by molar-refractivity contribution is 9.10. The molecule has 1 aromatic heterocycles. The number of hydrogen-bond donors (Lipinski definition) is 0. The Morgan fingerprint density at radius 3 is 3.07 bits per heavy atom. The minimum absolute atomic E-state index is 0.107. The minimum atomic E-state index is -0.318. The molecule has 0 unspecified atom stereocenters. The molecule has 1 nitrogen and oxygen atoms in total. The van der Waals surface area contributed by atoms with Gasteiger partial charge in [0.1, 0.15) is 5.82 Å². The Balaban J connectivity index is 2.75. The van der Waals surface area contributed by atoms with E-state index < -0.39 is 0 Å². The molecule has 0 saturated carbocycles. The van der Waals surface area contributed by atoms with Gasteiger partial charge in [-0.15, -0.1) is 11.3 Å². The van der Waals surface area contributed by atoms with Crippen LogP contribution in [0.15, 0.2) is 22.0 Å². The normalized spacial score (nSPS) is 10.4. The molecule has 0 N–H and O–H groups in total. The van der Waals surface area contributed by atoms with Gasteiger partial charge in [0.25, 0.3) is 0 Å². The van der Waals surface area contributed by atoms with Crippen molar-refractivity contribution in [3.63, 3.8) is 0 Å². The smallest absolute Gasteiger partial charge is 0.143 e. The standard InChI is InChI=1S/C10H5BrFNS/c11-8-9(12)6(1-3-13)5-7-2-4-14-10(7)8/h2,4-5H,1H2. The lowest BCUT2D eigenvalue weighted by Crippen LogP contribution is -1.89. The third-order valence-electron chi connectivity index (χ3n) is 1.97. The van der Waals surface area contributed by atoms with Crippen LogP contribution in [0.1, 0.15) is 5.56 Å². The molecule has 2 rings (SSSR count). The third kappa shape index (κ3) is 1.43. The molecule has 0 bridgehead atoms. The summed E-state index contributed by atoms with van der Waals surface area (Å²) >= 11 is 4.69. The van der Waals surface area contributed by atoms with Crippen molar-refractivity contribution in [2.45, 2.75) is 6.42 Å². The van der Waals surface area contributed by atoms with Crippen LogP contribution in [0.4, 0.5) is 4.39 Å². The van der Waals surface area contributed by atoms with Crippen LogP contribution in [0.2, 0.25) is 0 Å². The highest BCUT2D eigenvalue weighted by Gasteiger charge is 2.11. The topological polar surface area (TPSA) is 23.8 Å². The van der Waals surface area contributed by atoms with Gasteiger partial charge >= 0.3 is 0 Å². The zero-order valence-electron chi connectivity index (χ0n) is 7.05. The number of nitrogens with zero attached hydrogens (tertiary/aromatic N) is 1. The van der Waals surface area contributed by atoms with Crippen molar-refractivity contribution in [3.8, 4) is 6.07 Å². The minimum Gasteiger partial charge on any atom is -0.205 e. The summed E-state index contributed by atoms with van der Waals surface area (Å²) < 4.78 is 15.0. The molecule has 0 amide bonds. The third-order valence-corrected chi connectivity index (χ3v) is 3.92. The van der Waals surface area contributed by atoms with Gasteiger partial charge in [-0.25, -0.2) is 4.39 Å². The van der Waals surface area contributed by atoms with E-state index in [1.54, 1.807) is 6.07 Å². The molecule has 1 heterocycles. The Hall–Kier alpha value is -0.920. The van der Waals surface area contributed by atoms with Crippen molar-refractivity contribution in [1.29, 1.82) is 5.26 Å². The molecular formula is C10H5BrFNS. The van der Waals surface area contributed by atoms with Crippen LogP contribution in [0.25, 0.3) is 10.1 Å². The first kappa shape index (κ1) is 9.63. The maximum Gasteiger partial charge on any atom is 0.143 e. The van der Waals surface area contributed by atoms with Crippen molar-refractivity contribution in [3.05, 3.63) is 33.4 Å². The molecule has 14 heavy (non-hydrogen) atoms. The van der Waals surface area contributed by atoms with Gasteiger partial charge in [0.05, 0.1) is 21.7 Å². The summed E-state index contributed by atoms with van der Waals surface area (Å²) in [6.07, 6.45) is 0.107. The van der Waals surface area contributed by atoms with Gasteiger partial charge < -0.3 is 0 Å². The summed E-state index contributed by atoms with van der Waals surface area (Å²) in [4.78, 5) is 0. The van der Waals surface area contributed by atoms with Crippen molar-refractivity contribution in [2.24, 2.45) is 0 Å². The monoisotopic (exact) mass is 269 g/mol. The second-order valence-corrected chi connectivity index (χ2v) is 4.55. The fourth-order valence-electron chi connectivity index (χ4n) is 1.32. The van der Waals surface area contributed by atoms with Crippen molar-refractivity contribution in [1.82, 2.24) is 0 Å². The maximum atomic E-state index is 13.6. The van der Waals surface area contributed by atoms with Gasteiger partial charge in [-0.05, 0) is 38.8 Å². The summed E-state index contributed by atoms with van der Waals surface area (Å²) in [6.45, 7) is 0. The molecule has 2 aromatic rings. The van der Waals surface area contributed by atoms with Gasteiger partial charge in [-0.3, -0.25) is 0 Å². The fourth-order valence-corrected chi connectivity index (χ4v) is 2.89. The zero-order chi connectivity index (χ0) is 10.1. The SMILES string of the molecule is N#CCc1cc2ccsc2c(Br)c1F. The summed E-state index contributed by atoms with van der Waals surface area (Å²) in [5.41, 5.74) is 0.449. The molecular weight excluding hydrogens is 265 g/mol. The van der Waals surface area contributed by atoms with Gasteiger partial charge in [0.15, 0.2) is 0 Å². The molecule has 70 valence electrons. The Labute approximate surface area is 92.9 Å². The van der Waals surface area contributed by atoms with Crippen LogP contribution in [0, 0.1) is 17.1 Å². The largest absolute Gasteiger partial charge is 0.205 e. The molecule has 4 heteroatoms. The second kappa shape index (κ2) is 3.68. The lowest BCUT2D eigenvalue weighted by molar-refractivity contribution is 0.611. The van der Waals surface area contributed by atoms with E-state index in [2.05, 4.69) is 15.9 Å². The molecule has 0 aliphatic rings. The van der Waals surface area contributed by atoms with Crippen molar-refractivity contribution in [2.75, 3.05) is 0 Å². The van der Waals surface area contributed by atoms with Gasteiger partial charge in [0, 0.05) is 5.56 Å². The molecule has 0 aliphatic carbocycles. The average molecular weight is 270 g/mol. The molecule has 0 aliphatic heterocycles. The van der Waals surface area contributed by atoms with E-state index in [9.17, 15) is 4.39 Å². The first-order valence-corrected chi connectivity index (χ1v) is 5.62. The van der Waals surface area contributed by atoms with Crippen LogP contribution < -0.4 is 0 Å². The average Bonchev–Trinajstić information content (AvgIpc) is 2.62. The van der Waals surface area contributed by atoms with E-state index in [-0.39, 0.29) is 12.2 Å². The Bertz CT molecular complexity index is 527. The lowest BCUT2D eigenvalue weighted by atomic mass is 10.1. The van der Waals surface area contributed by atoms with Crippen LogP contribution in [-0.2, 0) is 6.42 Å². The first-order chi connectivity index (χ1) is 6.74. The van der Waals surface area contributed by atoms with Crippen molar-refractivity contribution < 1.29 is 4.39 Å². The molecule has 0 atom stereocenters. The Morgan fingerprint density at radius 2 is 2.36 bits per heavy atom.